The molecule has 30 heavy (non-hydrogen) atoms. The Morgan fingerprint density at radius 3 is 2.40 bits per heavy atom. The van der Waals surface area contributed by atoms with Crippen molar-refractivity contribution in [2.24, 2.45) is 5.73 Å². The zero-order valence-electron chi connectivity index (χ0n) is 17.1. The molecule has 0 radical (unpaired) electrons. The van der Waals surface area contributed by atoms with Crippen LogP contribution in [0, 0.1) is 11.6 Å². The van der Waals surface area contributed by atoms with Crippen LogP contribution in [0.2, 0.25) is 0 Å². The molecule has 160 valence electrons. The summed E-state index contributed by atoms with van der Waals surface area (Å²) in [5.74, 6) is -2.48. The molecule has 2 aromatic rings. The van der Waals surface area contributed by atoms with Crippen LogP contribution in [-0.2, 0) is 0 Å². The molecule has 6 nitrogen and oxygen atoms in total. The summed E-state index contributed by atoms with van der Waals surface area (Å²) in [6.07, 6.45) is 3.27. The fourth-order valence-corrected chi connectivity index (χ4v) is 3.58. The van der Waals surface area contributed by atoms with Crippen molar-refractivity contribution in [1.29, 1.82) is 0 Å². The molecule has 2 aromatic carbocycles. The predicted octanol–water partition coefficient (Wildman–Crippen LogP) is 4.28. The van der Waals surface area contributed by atoms with Gasteiger partial charge in [0.15, 0.2) is 11.6 Å². The Morgan fingerprint density at radius 2 is 1.77 bits per heavy atom. The molecule has 1 heterocycles. The molecule has 8 heteroatoms. The highest BCUT2D eigenvalue weighted by molar-refractivity contribution is 5.99. The summed E-state index contributed by atoms with van der Waals surface area (Å²) in [5, 5.41) is 2.85. The lowest BCUT2D eigenvalue weighted by Gasteiger charge is -2.32. The molecule has 3 rings (SSSR count). The van der Waals surface area contributed by atoms with Gasteiger partial charge < -0.3 is 20.9 Å². The number of nitrogens with zero attached hydrogens (tertiary/aromatic N) is 2. The summed E-state index contributed by atoms with van der Waals surface area (Å²) >= 11 is 0. The number of benzene rings is 2. The van der Waals surface area contributed by atoms with Crippen LogP contribution >= 0.6 is 0 Å². The molecule has 3 amide bonds. The molecule has 1 unspecified atom stereocenters. The van der Waals surface area contributed by atoms with Crippen LogP contribution in [0.5, 0.6) is 0 Å². The lowest BCUT2D eigenvalue weighted by atomic mass is 10.1. The number of nitrogens with two attached hydrogens (primary N) is 1. The number of piperidine rings is 1. The number of rotatable bonds is 5. The molecule has 1 aliphatic rings. The summed E-state index contributed by atoms with van der Waals surface area (Å²) < 4.78 is 26.8. The number of hydrogen-bond donors (Lipinski definition) is 2. The van der Waals surface area contributed by atoms with E-state index in [4.69, 9.17) is 5.73 Å². The maximum Gasteiger partial charge on any atom is 0.322 e. The van der Waals surface area contributed by atoms with E-state index < -0.39 is 29.6 Å². The van der Waals surface area contributed by atoms with Gasteiger partial charge in [-0.1, -0.05) is 6.07 Å². The van der Waals surface area contributed by atoms with Crippen molar-refractivity contribution in [3.63, 3.8) is 0 Å². The first kappa shape index (κ1) is 21.5. The number of primary amides is 1. The number of carbonyl (C=O) groups is 2. The lowest BCUT2D eigenvalue weighted by Crippen LogP contribution is -2.35. The van der Waals surface area contributed by atoms with Crippen molar-refractivity contribution < 1.29 is 18.4 Å². The average molecular weight is 416 g/mol. The monoisotopic (exact) mass is 416 g/mol. The van der Waals surface area contributed by atoms with Crippen molar-refractivity contribution in [1.82, 2.24) is 4.90 Å². The first-order valence-corrected chi connectivity index (χ1v) is 9.95. The second kappa shape index (κ2) is 9.11. The van der Waals surface area contributed by atoms with E-state index in [1.54, 1.807) is 32.2 Å². The Balaban J connectivity index is 1.83. The fraction of sp³-hybridized carbons (Fsp3) is 0.364. The van der Waals surface area contributed by atoms with Crippen LogP contribution in [-0.4, -0.2) is 37.0 Å². The summed E-state index contributed by atoms with van der Waals surface area (Å²) in [6, 6.07) is 7.63. The minimum absolute atomic E-state index is 0.294. The number of urea groups is 1. The van der Waals surface area contributed by atoms with E-state index in [1.807, 2.05) is 0 Å². The maximum absolute atomic E-state index is 13.6. The lowest BCUT2D eigenvalue weighted by molar-refractivity contribution is 0.1000. The number of carbonyl (C=O) groups excluding carboxylic acids is 2. The number of hydrogen-bond acceptors (Lipinski definition) is 3. The second-order valence-corrected chi connectivity index (χ2v) is 7.53. The number of nitrogens with one attached hydrogen (secondary N) is 1. The first-order valence-electron chi connectivity index (χ1n) is 9.95. The van der Waals surface area contributed by atoms with Crippen molar-refractivity contribution in [2.45, 2.75) is 32.2 Å². The molecular weight excluding hydrogens is 390 g/mol. The Morgan fingerprint density at radius 1 is 1.07 bits per heavy atom. The highest BCUT2D eigenvalue weighted by atomic mass is 19.2. The van der Waals surface area contributed by atoms with Gasteiger partial charge in [-0.3, -0.25) is 4.79 Å². The first-order chi connectivity index (χ1) is 14.3. The minimum atomic E-state index is -0.963. The minimum Gasteiger partial charge on any atom is -0.370 e. The molecule has 0 aromatic heterocycles. The van der Waals surface area contributed by atoms with E-state index >= 15 is 0 Å². The van der Waals surface area contributed by atoms with Crippen LogP contribution in [0.4, 0.5) is 25.0 Å². The van der Waals surface area contributed by atoms with Gasteiger partial charge in [-0.05, 0) is 62.1 Å². The second-order valence-electron chi connectivity index (χ2n) is 7.53. The van der Waals surface area contributed by atoms with E-state index in [0.29, 0.717) is 16.8 Å². The number of halogens is 2. The summed E-state index contributed by atoms with van der Waals surface area (Å²) in [4.78, 5) is 28.1. The Hall–Kier alpha value is -3.16. The third-order valence-electron chi connectivity index (χ3n) is 5.55. The van der Waals surface area contributed by atoms with Gasteiger partial charge in [0, 0.05) is 25.7 Å². The summed E-state index contributed by atoms with van der Waals surface area (Å²) in [5.41, 5.74) is 7.48. The zero-order chi connectivity index (χ0) is 21.8. The standard InChI is InChI=1S/C22H26F2N4O2/c1-14(15-6-8-17(23)18(24)12-15)27(2)22(30)26-19-13-16(21(25)29)7-9-20(19)28-10-4-3-5-11-28/h6-9,12-14H,3-5,10-11H2,1-2H3,(H2,25,29)(H,26,30). The maximum atomic E-state index is 13.6. The summed E-state index contributed by atoms with van der Waals surface area (Å²) in [7, 11) is 1.57. The average Bonchev–Trinajstić information content (AvgIpc) is 2.75. The molecule has 3 N–H and O–H groups in total. The molecular formula is C22H26F2N4O2. The Bertz CT molecular complexity index is 945. The molecule has 1 aliphatic heterocycles. The molecule has 1 atom stereocenters. The van der Waals surface area contributed by atoms with Crippen molar-refractivity contribution in [2.75, 3.05) is 30.4 Å². The van der Waals surface area contributed by atoms with Crippen LogP contribution in [0.15, 0.2) is 36.4 Å². The van der Waals surface area contributed by atoms with Gasteiger partial charge in [-0.2, -0.15) is 0 Å². The smallest absolute Gasteiger partial charge is 0.322 e. The van der Waals surface area contributed by atoms with E-state index in [-0.39, 0.29) is 0 Å². The molecule has 0 aliphatic carbocycles. The fourth-order valence-electron chi connectivity index (χ4n) is 3.58. The van der Waals surface area contributed by atoms with E-state index in [9.17, 15) is 18.4 Å². The van der Waals surface area contributed by atoms with Crippen LogP contribution in [0.25, 0.3) is 0 Å². The van der Waals surface area contributed by atoms with Crippen molar-refractivity contribution >= 4 is 23.3 Å². The highest BCUT2D eigenvalue weighted by Crippen LogP contribution is 2.31. The molecule has 1 saturated heterocycles. The SMILES string of the molecule is CC(c1ccc(F)c(F)c1)N(C)C(=O)Nc1cc(C(N)=O)ccc1N1CCCCC1. The Kier molecular flexibility index (Phi) is 6.54. The zero-order valence-corrected chi connectivity index (χ0v) is 17.1. The molecule has 0 bridgehead atoms. The molecule has 0 spiro atoms. The van der Waals surface area contributed by atoms with Crippen LogP contribution in [0.3, 0.4) is 0 Å². The van der Waals surface area contributed by atoms with Gasteiger partial charge in [-0.25, -0.2) is 13.6 Å². The Labute approximate surface area is 174 Å². The third-order valence-corrected chi connectivity index (χ3v) is 5.55. The predicted molar refractivity (Wildman–Crippen MR) is 113 cm³/mol. The van der Waals surface area contributed by atoms with E-state index in [0.717, 1.165) is 50.2 Å². The largest absolute Gasteiger partial charge is 0.370 e. The van der Waals surface area contributed by atoms with Crippen molar-refractivity contribution in [3.05, 3.63) is 59.2 Å². The van der Waals surface area contributed by atoms with E-state index in [2.05, 4.69) is 10.2 Å². The quantitative estimate of drug-likeness (QED) is 0.764. The van der Waals surface area contributed by atoms with Crippen LogP contribution in [0.1, 0.15) is 48.1 Å². The van der Waals surface area contributed by atoms with Gasteiger partial charge >= 0.3 is 6.03 Å². The van der Waals surface area contributed by atoms with Gasteiger partial charge in [0.25, 0.3) is 0 Å². The molecule has 0 saturated carbocycles. The summed E-state index contributed by atoms with van der Waals surface area (Å²) in [6.45, 7) is 3.44. The van der Waals surface area contributed by atoms with Gasteiger partial charge in [0.05, 0.1) is 17.4 Å². The number of anilines is 2. The molecule has 1 fully saturated rings. The normalized spacial score (nSPS) is 14.9. The topological polar surface area (TPSA) is 78.7 Å². The third kappa shape index (κ3) is 4.69. The van der Waals surface area contributed by atoms with E-state index in [1.165, 1.54) is 11.0 Å². The van der Waals surface area contributed by atoms with Gasteiger partial charge in [0.2, 0.25) is 5.91 Å². The highest BCUT2D eigenvalue weighted by Gasteiger charge is 2.22. The van der Waals surface area contributed by atoms with Gasteiger partial charge in [-0.15, -0.1) is 0 Å². The van der Waals surface area contributed by atoms with Crippen LogP contribution < -0.4 is 16.0 Å². The van der Waals surface area contributed by atoms with Gasteiger partial charge in [0.1, 0.15) is 0 Å². The number of amides is 3. The van der Waals surface area contributed by atoms with Crippen molar-refractivity contribution in [3.8, 4) is 0 Å².